The van der Waals surface area contributed by atoms with Gasteiger partial charge in [0.2, 0.25) is 0 Å². The quantitative estimate of drug-likeness (QED) is 0.451. The predicted octanol–water partition coefficient (Wildman–Crippen LogP) is -1.01. The van der Waals surface area contributed by atoms with Gasteiger partial charge >= 0.3 is 0 Å². The van der Waals surface area contributed by atoms with E-state index < -0.39 is 37.3 Å². The van der Waals surface area contributed by atoms with Gasteiger partial charge in [0.1, 0.15) is 24.4 Å². The molecule has 17 heavy (non-hydrogen) atoms. The van der Waals surface area contributed by atoms with Crippen molar-refractivity contribution in [2.75, 3.05) is 13.2 Å². The third-order valence-corrected chi connectivity index (χ3v) is 2.90. The van der Waals surface area contributed by atoms with E-state index in [0.29, 0.717) is 6.61 Å². The van der Waals surface area contributed by atoms with Gasteiger partial charge in [0.25, 0.3) is 0 Å². The summed E-state index contributed by atoms with van der Waals surface area (Å²) in [5.74, 6) is 0. The minimum Gasteiger partial charge on any atom is -0.394 e. The molecule has 5 atom stereocenters. The lowest BCUT2D eigenvalue weighted by atomic mass is 9.99. The molecule has 4 N–H and O–H groups in total. The molecule has 6 nitrogen and oxygen atoms in total. The summed E-state index contributed by atoms with van der Waals surface area (Å²) < 4.78 is 10.2. The fourth-order valence-electron chi connectivity index (χ4n) is 1.84. The number of aliphatic hydroxyl groups excluding tert-OH is 4. The van der Waals surface area contributed by atoms with Gasteiger partial charge in [-0.15, -0.1) is 0 Å². The molecule has 0 unspecified atom stereocenters. The topological polar surface area (TPSA) is 99.4 Å². The highest BCUT2D eigenvalue weighted by Gasteiger charge is 2.44. The van der Waals surface area contributed by atoms with Crippen LogP contribution >= 0.6 is 0 Å². The van der Waals surface area contributed by atoms with Crippen LogP contribution in [0.5, 0.6) is 0 Å². The highest BCUT2D eigenvalue weighted by Crippen LogP contribution is 2.22. The van der Waals surface area contributed by atoms with E-state index in [0.717, 1.165) is 19.3 Å². The first-order valence-corrected chi connectivity index (χ1v) is 6.04. The van der Waals surface area contributed by atoms with Crippen LogP contribution in [0.3, 0.4) is 0 Å². The highest BCUT2D eigenvalue weighted by molar-refractivity contribution is 4.89. The normalized spacial score (nSPS) is 38.3. The van der Waals surface area contributed by atoms with E-state index in [9.17, 15) is 15.3 Å². The summed E-state index contributed by atoms with van der Waals surface area (Å²) in [6.07, 6.45) is -2.85. The lowest BCUT2D eigenvalue weighted by Gasteiger charge is -2.39. The maximum atomic E-state index is 9.79. The largest absolute Gasteiger partial charge is 0.394 e. The van der Waals surface area contributed by atoms with Gasteiger partial charge in [-0.3, -0.25) is 0 Å². The minimum atomic E-state index is -1.44. The summed E-state index contributed by atoms with van der Waals surface area (Å²) in [5, 5.41) is 37.8. The Morgan fingerprint density at radius 2 is 1.82 bits per heavy atom. The molecule has 0 radical (unpaired) electrons. The number of ether oxygens (including phenoxy) is 2. The zero-order valence-corrected chi connectivity index (χ0v) is 10.0. The van der Waals surface area contributed by atoms with Gasteiger partial charge in [0, 0.05) is 6.61 Å². The smallest absolute Gasteiger partial charge is 0.184 e. The van der Waals surface area contributed by atoms with Crippen LogP contribution in [-0.2, 0) is 9.47 Å². The van der Waals surface area contributed by atoms with E-state index in [1.165, 1.54) is 0 Å². The van der Waals surface area contributed by atoms with Crippen LogP contribution in [0.2, 0.25) is 0 Å². The first-order valence-electron chi connectivity index (χ1n) is 6.04. The summed E-state index contributed by atoms with van der Waals surface area (Å²) in [6.45, 7) is 2.03. The lowest BCUT2D eigenvalue weighted by Crippen LogP contribution is -2.59. The molecule has 0 amide bonds. The fraction of sp³-hybridized carbons (Fsp3) is 1.00. The first kappa shape index (κ1) is 14.8. The third-order valence-electron chi connectivity index (χ3n) is 2.90. The van der Waals surface area contributed by atoms with Crippen LogP contribution in [0, 0.1) is 0 Å². The van der Waals surface area contributed by atoms with E-state index in [1.807, 2.05) is 0 Å². The molecule has 6 heteroatoms. The van der Waals surface area contributed by atoms with Gasteiger partial charge in [-0.1, -0.05) is 19.8 Å². The molecule has 0 aromatic heterocycles. The van der Waals surface area contributed by atoms with Crippen LogP contribution < -0.4 is 0 Å². The van der Waals surface area contributed by atoms with Crippen molar-refractivity contribution < 1.29 is 29.9 Å². The molecule has 0 bridgehead atoms. The van der Waals surface area contributed by atoms with Crippen molar-refractivity contribution in [3.63, 3.8) is 0 Å². The zero-order valence-electron chi connectivity index (χ0n) is 10.0. The summed E-state index contributed by atoms with van der Waals surface area (Å²) in [4.78, 5) is 0. The van der Waals surface area contributed by atoms with Gasteiger partial charge in [0.15, 0.2) is 6.29 Å². The van der Waals surface area contributed by atoms with Crippen molar-refractivity contribution in [3.8, 4) is 0 Å². The van der Waals surface area contributed by atoms with E-state index in [4.69, 9.17) is 14.6 Å². The highest BCUT2D eigenvalue weighted by atomic mass is 16.6. The van der Waals surface area contributed by atoms with Crippen molar-refractivity contribution in [2.45, 2.75) is 56.9 Å². The molecule has 0 aromatic carbocycles. The number of aliphatic hydroxyl groups is 4. The summed E-state index contributed by atoms with van der Waals surface area (Å²) in [7, 11) is 0. The van der Waals surface area contributed by atoms with Gasteiger partial charge < -0.3 is 29.9 Å². The van der Waals surface area contributed by atoms with Gasteiger partial charge in [-0.25, -0.2) is 0 Å². The Hall–Kier alpha value is -0.240. The lowest BCUT2D eigenvalue weighted by molar-refractivity contribution is -0.294. The molecule has 1 aliphatic rings. The average molecular weight is 250 g/mol. The molecule has 1 rings (SSSR count). The molecule has 0 spiro atoms. The monoisotopic (exact) mass is 250 g/mol. The summed E-state index contributed by atoms with van der Waals surface area (Å²) in [6, 6.07) is 0. The number of rotatable bonds is 6. The Morgan fingerprint density at radius 1 is 1.12 bits per heavy atom. The third kappa shape index (κ3) is 3.87. The molecule has 0 aromatic rings. The molecule has 0 saturated carbocycles. The van der Waals surface area contributed by atoms with Gasteiger partial charge in [-0.2, -0.15) is 0 Å². The molecular formula is C11H22O6. The standard InChI is InChI=1S/C11H22O6/c1-2-3-4-5-16-10-8(13)7(6-12)17-11(15)9(10)14/h7-15H,2-6H2,1H3/t7-,8-,9-,10+,11+/m1/s1. The van der Waals surface area contributed by atoms with Crippen molar-refractivity contribution in [3.05, 3.63) is 0 Å². The Kier molecular flexibility index (Phi) is 6.32. The average Bonchev–Trinajstić information content (AvgIpc) is 2.33. The molecular weight excluding hydrogens is 228 g/mol. The second-order valence-corrected chi connectivity index (χ2v) is 4.27. The van der Waals surface area contributed by atoms with Gasteiger partial charge in [0.05, 0.1) is 6.61 Å². The van der Waals surface area contributed by atoms with E-state index in [2.05, 4.69) is 6.92 Å². The number of hydrogen-bond acceptors (Lipinski definition) is 6. The van der Waals surface area contributed by atoms with Crippen LogP contribution in [0.1, 0.15) is 26.2 Å². The Morgan fingerprint density at radius 3 is 2.41 bits per heavy atom. The maximum Gasteiger partial charge on any atom is 0.184 e. The van der Waals surface area contributed by atoms with E-state index in [-0.39, 0.29) is 0 Å². The Balaban J connectivity index is 2.47. The predicted molar refractivity (Wildman–Crippen MR) is 59.2 cm³/mol. The summed E-state index contributed by atoms with van der Waals surface area (Å²) >= 11 is 0. The van der Waals surface area contributed by atoms with E-state index in [1.54, 1.807) is 0 Å². The SMILES string of the molecule is CCCCCO[C@@H]1[C@@H](O)[C@@H](O)O[C@H](CO)[C@H]1O. The molecule has 102 valence electrons. The number of unbranched alkanes of at least 4 members (excludes halogenated alkanes) is 2. The van der Waals surface area contributed by atoms with Crippen LogP contribution in [0.15, 0.2) is 0 Å². The molecule has 1 fully saturated rings. The minimum absolute atomic E-state index is 0.400. The molecule has 1 heterocycles. The van der Waals surface area contributed by atoms with Crippen molar-refractivity contribution in [2.24, 2.45) is 0 Å². The molecule has 0 aliphatic carbocycles. The summed E-state index contributed by atoms with van der Waals surface area (Å²) in [5.41, 5.74) is 0. The Labute approximate surface area is 101 Å². The van der Waals surface area contributed by atoms with E-state index >= 15 is 0 Å². The van der Waals surface area contributed by atoms with Crippen molar-refractivity contribution in [1.29, 1.82) is 0 Å². The maximum absolute atomic E-state index is 9.79. The van der Waals surface area contributed by atoms with Crippen LogP contribution in [0.4, 0.5) is 0 Å². The second kappa shape index (κ2) is 7.25. The van der Waals surface area contributed by atoms with Gasteiger partial charge in [-0.05, 0) is 6.42 Å². The number of hydrogen-bond donors (Lipinski definition) is 4. The van der Waals surface area contributed by atoms with Crippen LogP contribution in [-0.4, -0.2) is 64.3 Å². The Bertz CT molecular complexity index is 212. The molecule has 1 saturated heterocycles. The first-order chi connectivity index (χ1) is 8.11. The molecule has 1 aliphatic heterocycles. The second-order valence-electron chi connectivity index (χ2n) is 4.27. The van der Waals surface area contributed by atoms with Crippen molar-refractivity contribution >= 4 is 0 Å². The van der Waals surface area contributed by atoms with Crippen LogP contribution in [0.25, 0.3) is 0 Å². The van der Waals surface area contributed by atoms with Crippen molar-refractivity contribution in [1.82, 2.24) is 0 Å². The fourth-order valence-corrected chi connectivity index (χ4v) is 1.84. The zero-order chi connectivity index (χ0) is 12.8.